The Morgan fingerprint density at radius 3 is 2.18 bits per heavy atom. The Hall–Kier alpha value is -1.61. The van der Waals surface area contributed by atoms with Crippen molar-refractivity contribution in [3.8, 4) is 0 Å². The van der Waals surface area contributed by atoms with Crippen molar-refractivity contribution >= 4 is 18.2 Å². The van der Waals surface area contributed by atoms with Gasteiger partial charge in [0.25, 0.3) is 0 Å². The predicted octanol–water partition coefficient (Wildman–Crippen LogP) is 2.05. The Kier molecular flexibility index (Phi) is 3.10. The van der Waals surface area contributed by atoms with Crippen LogP contribution in [0.5, 0.6) is 0 Å². The second-order valence-electron chi connectivity index (χ2n) is 6.30. The normalized spacial score (nSPS) is 20.8. The van der Waals surface area contributed by atoms with E-state index in [9.17, 15) is 13.2 Å². The SMILES string of the molecule is CC1(C)OB(c2ccc3nnc(C(F)(F)F)n3c2)OC1(C)C. The summed E-state index contributed by atoms with van der Waals surface area (Å²) in [5.74, 6) is -1.07. The lowest BCUT2D eigenvalue weighted by Gasteiger charge is -2.32. The van der Waals surface area contributed by atoms with Crippen LogP contribution in [0, 0.1) is 0 Å². The molecule has 0 atom stereocenters. The standard InChI is InChI=1S/C13H15BF3N3O2/c1-11(2)12(3,4)22-14(21-11)8-5-6-9-18-19-10(13(15,16)17)20(9)7-8/h5-7H,1-4H3. The van der Waals surface area contributed by atoms with Gasteiger partial charge in [-0.15, -0.1) is 10.2 Å². The number of halogens is 3. The molecule has 0 amide bonds. The molecule has 5 nitrogen and oxygen atoms in total. The maximum absolute atomic E-state index is 12.9. The zero-order valence-corrected chi connectivity index (χ0v) is 12.6. The van der Waals surface area contributed by atoms with Crippen LogP contribution in [0.4, 0.5) is 13.2 Å². The molecule has 22 heavy (non-hydrogen) atoms. The third kappa shape index (κ3) is 2.28. The van der Waals surface area contributed by atoms with Crippen molar-refractivity contribution in [2.75, 3.05) is 0 Å². The second kappa shape index (κ2) is 4.45. The number of aromatic nitrogens is 3. The lowest BCUT2D eigenvalue weighted by Crippen LogP contribution is -2.41. The number of hydrogen-bond acceptors (Lipinski definition) is 4. The fraction of sp³-hybridized carbons (Fsp3) is 0.538. The van der Waals surface area contributed by atoms with E-state index in [1.807, 2.05) is 27.7 Å². The largest absolute Gasteiger partial charge is 0.496 e. The van der Waals surface area contributed by atoms with E-state index < -0.39 is 30.3 Å². The van der Waals surface area contributed by atoms with Gasteiger partial charge in [0, 0.05) is 6.20 Å². The summed E-state index contributed by atoms with van der Waals surface area (Å²) in [6.45, 7) is 7.52. The van der Waals surface area contributed by atoms with Gasteiger partial charge in [0.05, 0.1) is 11.2 Å². The Labute approximate surface area is 125 Å². The minimum Gasteiger partial charge on any atom is -0.399 e. The van der Waals surface area contributed by atoms with Crippen LogP contribution in [0.15, 0.2) is 18.3 Å². The molecule has 0 unspecified atom stereocenters. The Morgan fingerprint density at radius 1 is 1.05 bits per heavy atom. The molecule has 0 aliphatic carbocycles. The summed E-state index contributed by atoms with van der Waals surface area (Å²) < 4.78 is 51.4. The third-order valence-corrected chi connectivity index (χ3v) is 4.20. The molecule has 3 heterocycles. The van der Waals surface area contributed by atoms with Gasteiger partial charge < -0.3 is 9.31 Å². The first-order valence-electron chi connectivity index (χ1n) is 6.79. The summed E-state index contributed by atoms with van der Waals surface area (Å²) in [4.78, 5) is 0. The summed E-state index contributed by atoms with van der Waals surface area (Å²) in [6, 6.07) is 3.09. The van der Waals surface area contributed by atoms with Crippen LogP contribution in [-0.4, -0.2) is 32.9 Å². The van der Waals surface area contributed by atoms with Gasteiger partial charge in [0.1, 0.15) is 0 Å². The van der Waals surface area contributed by atoms with Gasteiger partial charge in [-0.05, 0) is 39.2 Å². The first-order chi connectivity index (χ1) is 10.0. The molecule has 0 saturated carbocycles. The first kappa shape index (κ1) is 15.3. The molecule has 2 aromatic heterocycles. The van der Waals surface area contributed by atoms with E-state index in [1.165, 1.54) is 12.3 Å². The molecule has 9 heteroatoms. The molecule has 3 rings (SSSR count). The molecule has 0 spiro atoms. The van der Waals surface area contributed by atoms with Gasteiger partial charge in [-0.3, -0.25) is 4.40 Å². The Bertz CT molecular complexity index is 711. The van der Waals surface area contributed by atoms with E-state index in [-0.39, 0.29) is 5.65 Å². The zero-order valence-electron chi connectivity index (χ0n) is 12.6. The molecule has 1 aliphatic heterocycles. The highest BCUT2D eigenvalue weighted by atomic mass is 19.4. The van der Waals surface area contributed by atoms with E-state index in [2.05, 4.69) is 10.2 Å². The topological polar surface area (TPSA) is 48.7 Å². The molecule has 0 bridgehead atoms. The molecule has 1 aliphatic rings. The van der Waals surface area contributed by atoms with E-state index in [0.29, 0.717) is 5.46 Å². The van der Waals surface area contributed by atoms with Crippen LogP contribution < -0.4 is 5.46 Å². The molecule has 0 radical (unpaired) electrons. The van der Waals surface area contributed by atoms with Crippen LogP contribution in [0.3, 0.4) is 0 Å². The number of rotatable bonds is 1. The molecule has 1 saturated heterocycles. The van der Waals surface area contributed by atoms with Crippen LogP contribution in [0.2, 0.25) is 0 Å². The smallest absolute Gasteiger partial charge is 0.399 e. The molecular weight excluding hydrogens is 298 g/mol. The highest BCUT2D eigenvalue weighted by Crippen LogP contribution is 2.36. The van der Waals surface area contributed by atoms with Crippen molar-refractivity contribution in [2.45, 2.75) is 45.1 Å². The number of alkyl halides is 3. The van der Waals surface area contributed by atoms with Crippen LogP contribution >= 0.6 is 0 Å². The summed E-state index contributed by atoms with van der Waals surface area (Å²) in [6.07, 6.45) is -3.27. The monoisotopic (exact) mass is 313 g/mol. The summed E-state index contributed by atoms with van der Waals surface area (Å²) in [5, 5.41) is 6.72. The summed E-state index contributed by atoms with van der Waals surface area (Å²) in [7, 11) is -0.738. The van der Waals surface area contributed by atoms with Crippen LogP contribution in [0.25, 0.3) is 5.65 Å². The fourth-order valence-electron chi connectivity index (χ4n) is 2.22. The summed E-state index contributed by atoms with van der Waals surface area (Å²) >= 11 is 0. The van der Waals surface area contributed by atoms with E-state index in [0.717, 1.165) is 4.40 Å². The van der Waals surface area contributed by atoms with Gasteiger partial charge in [0.2, 0.25) is 5.82 Å². The van der Waals surface area contributed by atoms with Crippen molar-refractivity contribution in [1.29, 1.82) is 0 Å². The van der Waals surface area contributed by atoms with Gasteiger partial charge >= 0.3 is 13.3 Å². The average Bonchev–Trinajstić information content (AvgIpc) is 2.87. The van der Waals surface area contributed by atoms with Crippen molar-refractivity contribution in [2.24, 2.45) is 0 Å². The second-order valence-corrected chi connectivity index (χ2v) is 6.30. The first-order valence-corrected chi connectivity index (χ1v) is 6.79. The lowest BCUT2D eigenvalue weighted by atomic mass is 9.80. The van der Waals surface area contributed by atoms with Crippen molar-refractivity contribution < 1.29 is 22.5 Å². The molecule has 1 fully saturated rings. The van der Waals surface area contributed by atoms with Gasteiger partial charge in [-0.25, -0.2) is 0 Å². The van der Waals surface area contributed by atoms with Gasteiger partial charge in [0.15, 0.2) is 5.65 Å². The Balaban J connectivity index is 2.03. The van der Waals surface area contributed by atoms with E-state index in [4.69, 9.17) is 9.31 Å². The van der Waals surface area contributed by atoms with Crippen LogP contribution in [0.1, 0.15) is 33.5 Å². The minimum atomic E-state index is -4.58. The highest BCUT2D eigenvalue weighted by molar-refractivity contribution is 6.62. The van der Waals surface area contributed by atoms with Crippen molar-refractivity contribution in [3.63, 3.8) is 0 Å². The van der Waals surface area contributed by atoms with E-state index in [1.54, 1.807) is 6.07 Å². The Morgan fingerprint density at radius 2 is 1.64 bits per heavy atom. The number of pyridine rings is 1. The zero-order chi connectivity index (χ0) is 16.3. The van der Waals surface area contributed by atoms with Crippen molar-refractivity contribution in [3.05, 3.63) is 24.2 Å². The molecule has 0 N–H and O–H groups in total. The quantitative estimate of drug-likeness (QED) is 0.756. The lowest BCUT2D eigenvalue weighted by molar-refractivity contribution is -0.145. The number of hydrogen-bond donors (Lipinski definition) is 0. The number of nitrogens with zero attached hydrogens (tertiary/aromatic N) is 3. The maximum Gasteiger partial charge on any atom is 0.496 e. The van der Waals surface area contributed by atoms with Crippen molar-refractivity contribution in [1.82, 2.24) is 14.6 Å². The molecule has 2 aromatic rings. The fourth-order valence-corrected chi connectivity index (χ4v) is 2.22. The average molecular weight is 313 g/mol. The molecule has 0 aromatic carbocycles. The molecule has 118 valence electrons. The highest BCUT2D eigenvalue weighted by Gasteiger charge is 2.52. The summed E-state index contributed by atoms with van der Waals surface area (Å²) in [5.41, 5.74) is -0.525. The maximum atomic E-state index is 12.9. The molecular formula is C13H15BF3N3O2. The third-order valence-electron chi connectivity index (χ3n) is 4.20. The van der Waals surface area contributed by atoms with E-state index >= 15 is 0 Å². The van der Waals surface area contributed by atoms with Gasteiger partial charge in [-0.1, -0.05) is 6.07 Å². The van der Waals surface area contributed by atoms with Crippen LogP contribution in [-0.2, 0) is 15.5 Å². The van der Waals surface area contributed by atoms with Gasteiger partial charge in [-0.2, -0.15) is 13.2 Å². The number of fused-ring (bicyclic) bond motifs is 1. The minimum absolute atomic E-state index is 0.118. The predicted molar refractivity (Wildman–Crippen MR) is 73.7 cm³/mol.